The van der Waals surface area contributed by atoms with Crippen molar-refractivity contribution < 1.29 is 14.3 Å². The monoisotopic (exact) mass is 401 g/mol. The van der Waals surface area contributed by atoms with E-state index in [1.54, 1.807) is 31.5 Å². The van der Waals surface area contributed by atoms with E-state index in [1.165, 1.54) is 4.52 Å². The first-order valence-electron chi connectivity index (χ1n) is 9.30. The highest BCUT2D eigenvalue weighted by Gasteiger charge is 2.18. The lowest BCUT2D eigenvalue weighted by molar-refractivity contribution is -0.123. The molecule has 0 aliphatic carbocycles. The van der Waals surface area contributed by atoms with Crippen molar-refractivity contribution in [3.63, 3.8) is 0 Å². The van der Waals surface area contributed by atoms with Gasteiger partial charge < -0.3 is 4.74 Å². The van der Waals surface area contributed by atoms with E-state index in [-0.39, 0.29) is 6.61 Å². The van der Waals surface area contributed by atoms with Crippen LogP contribution in [0.15, 0.2) is 73.1 Å². The van der Waals surface area contributed by atoms with Gasteiger partial charge in [0.1, 0.15) is 11.3 Å². The second-order valence-electron chi connectivity index (χ2n) is 6.50. The van der Waals surface area contributed by atoms with Crippen molar-refractivity contribution in [3.05, 3.63) is 84.3 Å². The maximum absolute atomic E-state index is 12.5. The molecular weight excluding hydrogens is 382 g/mol. The summed E-state index contributed by atoms with van der Waals surface area (Å²) in [5.41, 5.74) is 7.83. The Balaban J connectivity index is 1.38. The van der Waals surface area contributed by atoms with E-state index in [0.29, 0.717) is 22.7 Å². The predicted molar refractivity (Wildman–Crippen MR) is 111 cm³/mol. The average molecular weight is 401 g/mol. The summed E-state index contributed by atoms with van der Waals surface area (Å²) in [4.78, 5) is 28.9. The Labute approximate surface area is 172 Å². The first-order valence-corrected chi connectivity index (χ1v) is 9.30. The highest BCUT2D eigenvalue weighted by molar-refractivity contribution is 6.01. The third-order valence-corrected chi connectivity index (χ3v) is 4.44. The smallest absolute Gasteiger partial charge is 0.276 e. The molecule has 0 aliphatic rings. The van der Waals surface area contributed by atoms with Gasteiger partial charge in [-0.1, -0.05) is 48.5 Å². The van der Waals surface area contributed by atoms with Gasteiger partial charge in [0.15, 0.2) is 12.3 Å². The van der Waals surface area contributed by atoms with E-state index in [1.807, 2.05) is 48.5 Å². The molecule has 0 bridgehead atoms. The number of fused-ring (bicyclic) bond motifs is 1. The molecule has 0 saturated heterocycles. The second-order valence-corrected chi connectivity index (χ2v) is 6.50. The summed E-state index contributed by atoms with van der Waals surface area (Å²) < 4.78 is 7.19. The van der Waals surface area contributed by atoms with Crippen molar-refractivity contribution in [2.45, 2.75) is 6.92 Å². The SMILES string of the molecule is Cc1nn2cccnc2c1C(=O)NNC(=O)COc1ccccc1-c1ccccc1. The molecule has 0 aliphatic heterocycles. The number of nitrogens with one attached hydrogen (secondary N) is 2. The Morgan fingerprint density at radius 3 is 2.60 bits per heavy atom. The molecule has 2 heterocycles. The van der Waals surface area contributed by atoms with E-state index < -0.39 is 11.8 Å². The van der Waals surface area contributed by atoms with Crippen LogP contribution in [-0.4, -0.2) is 33.0 Å². The number of hydrazine groups is 1. The summed E-state index contributed by atoms with van der Waals surface area (Å²) in [6, 6.07) is 18.9. The quantitative estimate of drug-likeness (QED) is 0.501. The first kappa shape index (κ1) is 19.1. The number of hydrogen-bond donors (Lipinski definition) is 2. The molecule has 0 fully saturated rings. The minimum atomic E-state index is -0.501. The molecule has 8 heteroatoms. The summed E-state index contributed by atoms with van der Waals surface area (Å²) in [6.45, 7) is 1.45. The first-order chi connectivity index (χ1) is 14.6. The van der Waals surface area contributed by atoms with Gasteiger partial charge in [0.05, 0.1) is 5.69 Å². The summed E-state index contributed by atoms with van der Waals surface area (Å²) in [6.07, 6.45) is 3.27. The van der Waals surface area contributed by atoms with Gasteiger partial charge in [0.25, 0.3) is 11.8 Å². The Kier molecular flexibility index (Phi) is 5.38. The highest BCUT2D eigenvalue weighted by Crippen LogP contribution is 2.29. The molecule has 2 aromatic carbocycles. The molecule has 150 valence electrons. The number of hydrogen-bond acceptors (Lipinski definition) is 5. The van der Waals surface area contributed by atoms with Crippen LogP contribution in [0, 0.1) is 6.92 Å². The lowest BCUT2D eigenvalue weighted by atomic mass is 10.1. The van der Waals surface area contributed by atoms with E-state index >= 15 is 0 Å². The molecule has 2 aromatic heterocycles. The van der Waals surface area contributed by atoms with Gasteiger partial charge in [-0.05, 0) is 24.6 Å². The van der Waals surface area contributed by atoms with E-state index in [4.69, 9.17) is 4.74 Å². The molecule has 8 nitrogen and oxygen atoms in total. The number of benzene rings is 2. The van der Waals surface area contributed by atoms with E-state index in [2.05, 4.69) is 20.9 Å². The number of amides is 2. The van der Waals surface area contributed by atoms with Crippen LogP contribution in [-0.2, 0) is 4.79 Å². The van der Waals surface area contributed by atoms with Crippen LogP contribution >= 0.6 is 0 Å². The Morgan fingerprint density at radius 2 is 1.77 bits per heavy atom. The third kappa shape index (κ3) is 3.97. The number of aromatic nitrogens is 3. The van der Waals surface area contributed by atoms with Gasteiger partial charge in [0.2, 0.25) is 0 Å². The Hall–Kier alpha value is -4.20. The zero-order valence-corrected chi connectivity index (χ0v) is 16.2. The van der Waals surface area contributed by atoms with Crippen LogP contribution in [0.1, 0.15) is 16.1 Å². The molecule has 4 rings (SSSR count). The van der Waals surface area contributed by atoms with E-state index in [9.17, 15) is 9.59 Å². The molecule has 2 amide bonds. The fraction of sp³-hybridized carbons (Fsp3) is 0.0909. The van der Waals surface area contributed by atoms with Gasteiger partial charge in [-0.25, -0.2) is 9.50 Å². The number of para-hydroxylation sites is 1. The molecule has 2 N–H and O–H groups in total. The number of nitrogens with zero attached hydrogens (tertiary/aromatic N) is 3. The van der Waals surface area contributed by atoms with Gasteiger partial charge in [-0.3, -0.25) is 20.4 Å². The number of carbonyl (C=O) groups excluding carboxylic acids is 2. The molecule has 0 spiro atoms. The summed E-state index contributed by atoms with van der Waals surface area (Å²) in [5, 5.41) is 4.23. The molecule has 4 aromatic rings. The maximum Gasteiger partial charge on any atom is 0.276 e. The zero-order valence-electron chi connectivity index (χ0n) is 16.2. The molecular formula is C22H19N5O3. The normalized spacial score (nSPS) is 10.6. The minimum absolute atomic E-state index is 0.254. The summed E-state index contributed by atoms with van der Waals surface area (Å²) in [7, 11) is 0. The van der Waals surface area contributed by atoms with Crippen molar-refractivity contribution in [3.8, 4) is 16.9 Å². The van der Waals surface area contributed by atoms with Crippen LogP contribution in [0.4, 0.5) is 0 Å². The maximum atomic E-state index is 12.5. The fourth-order valence-corrected chi connectivity index (χ4v) is 3.08. The Bertz CT molecular complexity index is 1200. The standard InChI is InChI=1S/C22H19N5O3/c1-15-20(21-23-12-7-13-27(21)26-15)22(29)25-24-19(28)14-30-18-11-6-5-10-17(18)16-8-3-2-4-9-16/h2-13H,14H2,1H3,(H,24,28)(H,25,29). The van der Waals surface area contributed by atoms with Gasteiger partial charge in [0, 0.05) is 18.0 Å². The van der Waals surface area contributed by atoms with Crippen molar-refractivity contribution in [1.29, 1.82) is 0 Å². The number of aryl methyl sites for hydroxylation is 1. The topological polar surface area (TPSA) is 97.6 Å². The second kappa shape index (κ2) is 8.44. The number of carbonyl (C=O) groups is 2. The number of ether oxygens (including phenoxy) is 1. The largest absolute Gasteiger partial charge is 0.483 e. The van der Waals surface area contributed by atoms with Gasteiger partial charge in [-0.15, -0.1) is 0 Å². The van der Waals surface area contributed by atoms with Gasteiger partial charge in [-0.2, -0.15) is 5.10 Å². The summed E-state index contributed by atoms with van der Waals surface area (Å²) in [5.74, 6) is -0.416. The molecule has 30 heavy (non-hydrogen) atoms. The lowest BCUT2D eigenvalue weighted by Gasteiger charge is -2.12. The van der Waals surface area contributed by atoms with Crippen molar-refractivity contribution in [1.82, 2.24) is 25.4 Å². The lowest BCUT2D eigenvalue weighted by Crippen LogP contribution is -2.44. The van der Waals surface area contributed by atoms with Crippen LogP contribution < -0.4 is 15.6 Å². The molecule has 0 saturated carbocycles. The molecule has 0 unspecified atom stereocenters. The highest BCUT2D eigenvalue weighted by atomic mass is 16.5. The van der Waals surface area contributed by atoms with Gasteiger partial charge >= 0.3 is 0 Å². The van der Waals surface area contributed by atoms with Crippen molar-refractivity contribution in [2.24, 2.45) is 0 Å². The Morgan fingerprint density at radius 1 is 1.00 bits per heavy atom. The molecule has 0 atom stereocenters. The third-order valence-electron chi connectivity index (χ3n) is 4.44. The zero-order chi connectivity index (χ0) is 20.9. The van der Waals surface area contributed by atoms with Crippen molar-refractivity contribution in [2.75, 3.05) is 6.61 Å². The molecule has 0 radical (unpaired) electrons. The van der Waals surface area contributed by atoms with Crippen molar-refractivity contribution >= 4 is 17.5 Å². The van der Waals surface area contributed by atoms with Crippen LogP contribution in [0.2, 0.25) is 0 Å². The predicted octanol–water partition coefficient (Wildman–Crippen LogP) is 2.54. The average Bonchev–Trinajstić information content (AvgIpc) is 3.12. The number of rotatable bonds is 5. The minimum Gasteiger partial charge on any atom is -0.483 e. The van der Waals surface area contributed by atoms with Crippen LogP contribution in [0.3, 0.4) is 0 Å². The van der Waals surface area contributed by atoms with Crippen LogP contribution in [0.25, 0.3) is 16.8 Å². The fourth-order valence-electron chi connectivity index (χ4n) is 3.08. The van der Waals surface area contributed by atoms with E-state index in [0.717, 1.165) is 11.1 Å². The van der Waals surface area contributed by atoms with Crippen LogP contribution in [0.5, 0.6) is 5.75 Å². The summed E-state index contributed by atoms with van der Waals surface area (Å²) >= 11 is 0.